The van der Waals surface area contributed by atoms with Crippen LogP contribution in [0.3, 0.4) is 0 Å². The number of amides is 3. The van der Waals surface area contributed by atoms with Crippen LogP contribution in [-0.4, -0.2) is 11.9 Å². The third kappa shape index (κ3) is 4.39. The standard InChI is InChI=1S/C15H9Cl2F3N2O2/c16-10-2-1-3-11(17)12(10)13(23)22-14(24)21-9-6-4-8(5-7-9)15(18,19)20/h1-7H,(H2,21,22,23,24). The number of anilines is 1. The lowest BCUT2D eigenvalue weighted by Gasteiger charge is -2.10. The van der Waals surface area contributed by atoms with Gasteiger partial charge in [-0.1, -0.05) is 29.3 Å². The molecule has 2 rings (SSSR count). The van der Waals surface area contributed by atoms with Gasteiger partial charge >= 0.3 is 12.2 Å². The monoisotopic (exact) mass is 376 g/mol. The Bertz CT molecular complexity index is 757. The highest BCUT2D eigenvalue weighted by Gasteiger charge is 2.30. The Morgan fingerprint density at radius 2 is 1.46 bits per heavy atom. The fourth-order valence-corrected chi connectivity index (χ4v) is 2.35. The van der Waals surface area contributed by atoms with Crippen molar-refractivity contribution in [3.8, 4) is 0 Å². The van der Waals surface area contributed by atoms with Crippen molar-refractivity contribution in [3.05, 3.63) is 63.6 Å². The van der Waals surface area contributed by atoms with E-state index in [1.807, 2.05) is 5.32 Å². The smallest absolute Gasteiger partial charge is 0.308 e. The first-order valence-electron chi connectivity index (χ1n) is 6.42. The van der Waals surface area contributed by atoms with Crippen molar-refractivity contribution in [2.45, 2.75) is 6.18 Å². The normalized spacial score (nSPS) is 11.0. The molecule has 4 nitrogen and oxygen atoms in total. The number of benzene rings is 2. The predicted octanol–water partition coefficient (Wildman–Crippen LogP) is 4.97. The number of carbonyl (C=O) groups is 2. The Labute approximate surface area is 144 Å². The van der Waals surface area contributed by atoms with Gasteiger partial charge in [-0.05, 0) is 36.4 Å². The maximum Gasteiger partial charge on any atom is 0.416 e. The molecule has 2 N–H and O–H groups in total. The fraction of sp³-hybridized carbons (Fsp3) is 0.0667. The van der Waals surface area contributed by atoms with Gasteiger partial charge in [0, 0.05) is 5.69 Å². The van der Waals surface area contributed by atoms with E-state index in [4.69, 9.17) is 23.2 Å². The van der Waals surface area contributed by atoms with Crippen LogP contribution in [0.25, 0.3) is 0 Å². The van der Waals surface area contributed by atoms with Gasteiger partial charge in [0.1, 0.15) is 0 Å². The molecule has 126 valence electrons. The van der Waals surface area contributed by atoms with Gasteiger partial charge in [0.15, 0.2) is 0 Å². The molecule has 0 aliphatic rings. The molecule has 9 heteroatoms. The van der Waals surface area contributed by atoms with E-state index < -0.39 is 23.7 Å². The van der Waals surface area contributed by atoms with E-state index in [2.05, 4.69) is 5.32 Å². The molecule has 0 fully saturated rings. The van der Waals surface area contributed by atoms with Crippen molar-refractivity contribution < 1.29 is 22.8 Å². The highest BCUT2D eigenvalue weighted by molar-refractivity contribution is 6.40. The number of rotatable bonds is 2. The first-order chi connectivity index (χ1) is 11.2. The van der Waals surface area contributed by atoms with Crippen LogP contribution in [0.1, 0.15) is 15.9 Å². The zero-order valence-electron chi connectivity index (χ0n) is 11.7. The summed E-state index contributed by atoms with van der Waals surface area (Å²) in [7, 11) is 0. The topological polar surface area (TPSA) is 58.2 Å². The van der Waals surface area contributed by atoms with Crippen LogP contribution in [-0.2, 0) is 6.18 Å². The van der Waals surface area contributed by atoms with Crippen LogP contribution >= 0.6 is 23.2 Å². The SMILES string of the molecule is O=C(NC(=O)c1c(Cl)cccc1Cl)Nc1ccc(C(F)(F)F)cc1. The van der Waals surface area contributed by atoms with Gasteiger partial charge < -0.3 is 5.32 Å². The van der Waals surface area contributed by atoms with Gasteiger partial charge in [0.25, 0.3) is 5.91 Å². The van der Waals surface area contributed by atoms with Crippen molar-refractivity contribution in [2.24, 2.45) is 0 Å². The molecule has 0 aliphatic carbocycles. The zero-order valence-corrected chi connectivity index (χ0v) is 13.3. The van der Waals surface area contributed by atoms with E-state index in [0.29, 0.717) is 0 Å². The zero-order chi connectivity index (χ0) is 17.9. The highest BCUT2D eigenvalue weighted by Crippen LogP contribution is 2.29. The van der Waals surface area contributed by atoms with Gasteiger partial charge in [-0.3, -0.25) is 10.1 Å². The molecule has 2 aromatic rings. The third-order valence-corrected chi connectivity index (χ3v) is 3.52. The minimum atomic E-state index is -4.47. The van der Waals surface area contributed by atoms with Crippen LogP contribution < -0.4 is 10.6 Å². The number of alkyl halides is 3. The van der Waals surface area contributed by atoms with Crippen LogP contribution in [0.5, 0.6) is 0 Å². The summed E-state index contributed by atoms with van der Waals surface area (Å²) in [5, 5.41) is 4.34. The Kier molecular flexibility index (Phi) is 5.36. The minimum Gasteiger partial charge on any atom is -0.308 e. The molecule has 0 unspecified atom stereocenters. The third-order valence-electron chi connectivity index (χ3n) is 2.89. The number of nitrogens with one attached hydrogen (secondary N) is 2. The van der Waals surface area contributed by atoms with Crippen molar-refractivity contribution >= 4 is 40.8 Å². The molecular weight excluding hydrogens is 368 g/mol. The molecule has 0 saturated heterocycles. The van der Waals surface area contributed by atoms with Gasteiger partial charge in [-0.25, -0.2) is 4.79 Å². The summed E-state index contributed by atoms with van der Waals surface area (Å²) < 4.78 is 37.3. The molecule has 0 heterocycles. The second-order valence-electron chi connectivity index (χ2n) is 4.58. The molecule has 0 aromatic heterocycles. The molecule has 0 saturated carbocycles. The quantitative estimate of drug-likeness (QED) is 0.776. The summed E-state index contributed by atoms with van der Waals surface area (Å²) >= 11 is 11.7. The van der Waals surface area contributed by atoms with Gasteiger partial charge in [0.2, 0.25) is 0 Å². The second-order valence-corrected chi connectivity index (χ2v) is 5.39. The number of halogens is 5. The fourth-order valence-electron chi connectivity index (χ4n) is 1.79. The number of hydrogen-bond donors (Lipinski definition) is 2. The van der Waals surface area contributed by atoms with Gasteiger partial charge in [-0.15, -0.1) is 0 Å². The minimum absolute atomic E-state index is 0.0577. The van der Waals surface area contributed by atoms with E-state index in [0.717, 1.165) is 24.3 Å². The van der Waals surface area contributed by atoms with Crippen LogP contribution in [0.2, 0.25) is 10.0 Å². The Hall–Kier alpha value is -2.25. The lowest BCUT2D eigenvalue weighted by molar-refractivity contribution is -0.137. The van der Waals surface area contributed by atoms with Gasteiger partial charge in [0.05, 0.1) is 21.2 Å². The summed E-state index contributed by atoms with van der Waals surface area (Å²) in [6.07, 6.45) is -4.47. The summed E-state index contributed by atoms with van der Waals surface area (Å²) in [5.41, 5.74) is -0.852. The number of imide groups is 1. The Morgan fingerprint density at radius 1 is 0.917 bits per heavy atom. The number of hydrogen-bond acceptors (Lipinski definition) is 2. The Balaban J connectivity index is 2.04. The second kappa shape index (κ2) is 7.11. The molecule has 0 radical (unpaired) electrons. The van der Waals surface area contributed by atoms with Crippen molar-refractivity contribution in [2.75, 3.05) is 5.32 Å². The van der Waals surface area contributed by atoms with Crippen LogP contribution in [0.15, 0.2) is 42.5 Å². The molecule has 0 aliphatic heterocycles. The molecule has 3 amide bonds. The van der Waals surface area contributed by atoms with E-state index in [9.17, 15) is 22.8 Å². The molecule has 0 atom stereocenters. The number of carbonyl (C=O) groups excluding carboxylic acids is 2. The summed E-state index contributed by atoms with van der Waals surface area (Å²) in [6.45, 7) is 0. The summed E-state index contributed by atoms with van der Waals surface area (Å²) in [4.78, 5) is 23.7. The lowest BCUT2D eigenvalue weighted by Crippen LogP contribution is -2.34. The van der Waals surface area contributed by atoms with Crippen molar-refractivity contribution in [1.29, 1.82) is 0 Å². The summed E-state index contributed by atoms with van der Waals surface area (Å²) in [5.74, 6) is -0.838. The maximum absolute atomic E-state index is 12.4. The average Bonchev–Trinajstić information content (AvgIpc) is 2.46. The van der Waals surface area contributed by atoms with Crippen LogP contribution in [0.4, 0.5) is 23.7 Å². The average molecular weight is 377 g/mol. The lowest BCUT2D eigenvalue weighted by atomic mass is 10.2. The molecule has 0 spiro atoms. The molecule has 0 bridgehead atoms. The van der Waals surface area contributed by atoms with Crippen molar-refractivity contribution in [1.82, 2.24) is 5.32 Å². The van der Waals surface area contributed by atoms with E-state index >= 15 is 0 Å². The van der Waals surface area contributed by atoms with Crippen LogP contribution in [0, 0.1) is 0 Å². The summed E-state index contributed by atoms with van der Waals surface area (Å²) in [6, 6.07) is 7.20. The predicted molar refractivity (Wildman–Crippen MR) is 84.4 cm³/mol. The highest BCUT2D eigenvalue weighted by atomic mass is 35.5. The first kappa shape index (κ1) is 18.1. The number of urea groups is 1. The largest absolute Gasteiger partial charge is 0.416 e. The van der Waals surface area contributed by atoms with Crippen molar-refractivity contribution in [3.63, 3.8) is 0 Å². The van der Waals surface area contributed by atoms with E-state index in [-0.39, 0.29) is 21.3 Å². The van der Waals surface area contributed by atoms with Gasteiger partial charge in [-0.2, -0.15) is 13.2 Å². The molecule has 2 aromatic carbocycles. The van der Waals surface area contributed by atoms with E-state index in [1.54, 1.807) is 0 Å². The maximum atomic E-state index is 12.4. The van der Waals surface area contributed by atoms with E-state index in [1.165, 1.54) is 18.2 Å². The molecular formula is C15H9Cl2F3N2O2. The first-order valence-corrected chi connectivity index (χ1v) is 7.17. The Morgan fingerprint density at radius 3 is 1.96 bits per heavy atom. The molecule has 24 heavy (non-hydrogen) atoms.